The first-order valence-corrected chi connectivity index (χ1v) is 10.6. The molecule has 0 amide bonds. The highest BCUT2D eigenvalue weighted by Gasteiger charge is 2.10. The van der Waals surface area contributed by atoms with Gasteiger partial charge in [-0.05, 0) is 42.0 Å². The van der Waals surface area contributed by atoms with E-state index in [-0.39, 0.29) is 0 Å². The maximum absolute atomic E-state index is 5.43. The minimum Gasteiger partial charge on any atom is -0.379 e. The maximum atomic E-state index is 5.43. The Bertz CT molecular complexity index is 737. The molecule has 27 heavy (non-hydrogen) atoms. The minimum absolute atomic E-state index is 0.676. The highest BCUT2D eigenvalue weighted by atomic mass is 32.1. The minimum atomic E-state index is 0.676. The largest absolute Gasteiger partial charge is 0.379 e. The number of benzene rings is 1. The molecule has 146 valence electrons. The second-order valence-corrected chi connectivity index (χ2v) is 7.78. The van der Waals surface area contributed by atoms with Gasteiger partial charge in [0.25, 0.3) is 0 Å². The van der Waals surface area contributed by atoms with Gasteiger partial charge in [-0.25, -0.2) is 4.99 Å². The SMILES string of the molecule is CCNC(=NCc1cccc(CN2CCOCC2)c1)NCc1sccc1C. The van der Waals surface area contributed by atoms with E-state index in [0.29, 0.717) is 6.54 Å². The lowest BCUT2D eigenvalue weighted by Gasteiger charge is -2.26. The standard InChI is InChI=1S/C21H30N4OS/c1-3-22-21(24-15-20-17(2)7-12-27-20)23-14-18-5-4-6-19(13-18)16-25-8-10-26-11-9-25/h4-7,12-13H,3,8-11,14-16H2,1-2H3,(H2,22,23,24). The predicted octanol–water partition coefficient (Wildman–Crippen LogP) is 3.14. The molecule has 0 aliphatic carbocycles. The van der Waals surface area contributed by atoms with Crippen LogP contribution in [0.5, 0.6) is 0 Å². The molecule has 1 fully saturated rings. The van der Waals surface area contributed by atoms with Gasteiger partial charge >= 0.3 is 0 Å². The number of guanidine groups is 1. The van der Waals surface area contributed by atoms with Crippen LogP contribution in [0.2, 0.25) is 0 Å². The van der Waals surface area contributed by atoms with Gasteiger partial charge in [0.15, 0.2) is 5.96 Å². The molecule has 0 bridgehead atoms. The van der Waals surface area contributed by atoms with E-state index in [0.717, 1.165) is 51.9 Å². The average molecular weight is 387 g/mol. The first kappa shape index (κ1) is 19.9. The Morgan fingerprint density at radius 3 is 2.74 bits per heavy atom. The van der Waals surface area contributed by atoms with Gasteiger partial charge in [-0.2, -0.15) is 0 Å². The van der Waals surface area contributed by atoms with Crippen molar-refractivity contribution in [2.24, 2.45) is 4.99 Å². The number of thiophene rings is 1. The molecule has 0 atom stereocenters. The lowest BCUT2D eigenvalue weighted by Crippen LogP contribution is -2.36. The molecule has 0 radical (unpaired) electrons. The van der Waals surface area contributed by atoms with Gasteiger partial charge in [0.2, 0.25) is 0 Å². The summed E-state index contributed by atoms with van der Waals surface area (Å²) in [5.41, 5.74) is 3.92. The topological polar surface area (TPSA) is 48.9 Å². The van der Waals surface area contributed by atoms with Gasteiger partial charge < -0.3 is 15.4 Å². The van der Waals surface area contributed by atoms with Gasteiger partial charge in [0.1, 0.15) is 0 Å². The van der Waals surface area contributed by atoms with Crippen LogP contribution in [0.4, 0.5) is 0 Å². The van der Waals surface area contributed by atoms with Gasteiger partial charge in [0, 0.05) is 31.1 Å². The molecule has 3 rings (SSSR count). The Hall–Kier alpha value is -1.89. The molecule has 2 heterocycles. The molecule has 5 nitrogen and oxygen atoms in total. The predicted molar refractivity (Wildman–Crippen MR) is 113 cm³/mol. The summed E-state index contributed by atoms with van der Waals surface area (Å²) in [7, 11) is 0. The van der Waals surface area contributed by atoms with Crippen LogP contribution in [0.1, 0.15) is 28.5 Å². The summed E-state index contributed by atoms with van der Waals surface area (Å²) in [6, 6.07) is 10.9. The number of hydrogen-bond acceptors (Lipinski definition) is 4. The fourth-order valence-corrected chi connectivity index (χ4v) is 3.95. The summed E-state index contributed by atoms with van der Waals surface area (Å²) < 4.78 is 5.43. The third-order valence-electron chi connectivity index (χ3n) is 4.65. The summed E-state index contributed by atoms with van der Waals surface area (Å²) in [6.07, 6.45) is 0. The fourth-order valence-electron chi connectivity index (χ4n) is 3.11. The Labute approximate surface area is 166 Å². The van der Waals surface area contributed by atoms with Crippen LogP contribution in [0.3, 0.4) is 0 Å². The maximum Gasteiger partial charge on any atom is 0.191 e. The van der Waals surface area contributed by atoms with E-state index in [4.69, 9.17) is 9.73 Å². The molecule has 1 saturated heterocycles. The smallest absolute Gasteiger partial charge is 0.191 e. The fraction of sp³-hybridized carbons (Fsp3) is 0.476. The summed E-state index contributed by atoms with van der Waals surface area (Å²) in [5, 5.41) is 8.91. The number of morpholine rings is 1. The summed E-state index contributed by atoms with van der Waals surface area (Å²) in [6.45, 7) is 11.3. The van der Waals surface area contributed by atoms with E-state index < -0.39 is 0 Å². The summed E-state index contributed by atoms with van der Waals surface area (Å²) in [4.78, 5) is 8.57. The van der Waals surface area contributed by atoms with Crippen molar-refractivity contribution < 1.29 is 4.74 Å². The van der Waals surface area contributed by atoms with Crippen molar-refractivity contribution in [1.82, 2.24) is 15.5 Å². The van der Waals surface area contributed by atoms with Gasteiger partial charge in [-0.15, -0.1) is 11.3 Å². The zero-order chi connectivity index (χ0) is 18.9. The van der Waals surface area contributed by atoms with Crippen molar-refractivity contribution in [3.8, 4) is 0 Å². The van der Waals surface area contributed by atoms with Crippen LogP contribution in [0, 0.1) is 6.92 Å². The number of rotatable bonds is 7. The molecule has 1 aromatic heterocycles. The molecule has 1 aliphatic heterocycles. The number of hydrogen-bond donors (Lipinski definition) is 2. The highest BCUT2D eigenvalue weighted by Crippen LogP contribution is 2.15. The lowest BCUT2D eigenvalue weighted by molar-refractivity contribution is 0.0342. The molecule has 6 heteroatoms. The van der Waals surface area contributed by atoms with Crippen molar-refractivity contribution in [2.45, 2.75) is 33.5 Å². The number of ether oxygens (including phenoxy) is 1. The Morgan fingerprint density at radius 1 is 1.19 bits per heavy atom. The Morgan fingerprint density at radius 2 is 2.00 bits per heavy atom. The van der Waals surface area contributed by atoms with E-state index >= 15 is 0 Å². The molecule has 2 N–H and O–H groups in total. The van der Waals surface area contributed by atoms with Crippen molar-refractivity contribution in [3.05, 3.63) is 57.3 Å². The molecule has 0 spiro atoms. The molecule has 2 aromatic rings. The average Bonchev–Trinajstić information content (AvgIpc) is 3.10. The van der Waals surface area contributed by atoms with Gasteiger partial charge in [-0.1, -0.05) is 24.3 Å². The van der Waals surface area contributed by atoms with Crippen LogP contribution in [-0.2, 0) is 24.4 Å². The van der Waals surface area contributed by atoms with E-state index in [1.807, 2.05) is 0 Å². The first-order chi connectivity index (χ1) is 13.2. The van der Waals surface area contributed by atoms with E-state index in [1.54, 1.807) is 11.3 Å². The second-order valence-electron chi connectivity index (χ2n) is 6.78. The van der Waals surface area contributed by atoms with Crippen LogP contribution in [-0.4, -0.2) is 43.7 Å². The number of aryl methyl sites for hydroxylation is 1. The molecular weight excluding hydrogens is 356 g/mol. The highest BCUT2D eigenvalue weighted by molar-refractivity contribution is 7.10. The van der Waals surface area contributed by atoms with Crippen LogP contribution in [0.15, 0.2) is 40.7 Å². The van der Waals surface area contributed by atoms with Crippen LogP contribution >= 0.6 is 11.3 Å². The first-order valence-electron chi connectivity index (χ1n) is 9.67. The Balaban J connectivity index is 1.57. The zero-order valence-corrected chi connectivity index (χ0v) is 17.1. The van der Waals surface area contributed by atoms with Crippen molar-refractivity contribution in [3.63, 3.8) is 0 Å². The van der Waals surface area contributed by atoms with Gasteiger partial charge in [0.05, 0.1) is 26.3 Å². The molecule has 0 saturated carbocycles. The zero-order valence-electron chi connectivity index (χ0n) is 16.3. The van der Waals surface area contributed by atoms with Crippen LogP contribution < -0.4 is 10.6 Å². The quantitative estimate of drug-likeness (QED) is 0.567. The molecular formula is C21H30N4OS. The number of nitrogens with one attached hydrogen (secondary N) is 2. The van der Waals surface area contributed by atoms with Gasteiger partial charge in [-0.3, -0.25) is 4.90 Å². The normalized spacial score (nSPS) is 15.7. The van der Waals surface area contributed by atoms with E-state index in [1.165, 1.54) is 21.6 Å². The lowest BCUT2D eigenvalue weighted by atomic mass is 10.1. The monoisotopic (exact) mass is 386 g/mol. The molecule has 0 unspecified atom stereocenters. The van der Waals surface area contributed by atoms with E-state index in [2.05, 4.69) is 65.1 Å². The third kappa shape index (κ3) is 6.34. The number of nitrogens with zero attached hydrogens (tertiary/aromatic N) is 2. The molecule has 1 aliphatic rings. The summed E-state index contributed by atoms with van der Waals surface area (Å²) >= 11 is 1.78. The summed E-state index contributed by atoms with van der Waals surface area (Å²) in [5.74, 6) is 0.865. The van der Waals surface area contributed by atoms with Crippen molar-refractivity contribution in [2.75, 3.05) is 32.8 Å². The third-order valence-corrected chi connectivity index (χ3v) is 5.67. The van der Waals surface area contributed by atoms with Crippen molar-refractivity contribution >= 4 is 17.3 Å². The van der Waals surface area contributed by atoms with Crippen LogP contribution in [0.25, 0.3) is 0 Å². The number of aliphatic imine (C=N–C) groups is 1. The second kappa shape index (κ2) is 10.4. The van der Waals surface area contributed by atoms with Crippen molar-refractivity contribution in [1.29, 1.82) is 0 Å². The van der Waals surface area contributed by atoms with E-state index in [9.17, 15) is 0 Å². The Kier molecular flexibility index (Phi) is 7.68. The molecule has 1 aromatic carbocycles.